The number of hydrogen-bond donors (Lipinski definition) is 4. The van der Waals surface area contributed by atoms with Crippen LogP contribution in [0.1, 0.15) is 101 Å². The zero-order valence-electron chi connectivity index (χ0n) is 32.2. The number of likely N-dealkylation sites (tertiary alicyclic amines) is 2. The van der Waals surface area contributed by atoms with Crippen molar-refractivity contribution >= 4 is 41.4 Å². The number of rotatable bonds is 14. The molecule has 0 aromatic heterocycles. The third-order valence-electron chi connectivity index (χ3n) is 9.66. The molecular formula is C38H60N6O7. The van der Waals surface area contributed by atoms with Crippen LogP contribution in [-0.2, 0) is 28.8 Å². The van der Waals surface area contributed by atoms with Gasteiger partial charge in [-0.05, 0) is 40.9 Å². The van der Waals surface area contributed by atoms with Crippen LogP contribution in [0.25, 0.3) is 0 Å². The molecule has 284 valence electrons. The highest BCUT2D eigenvalue weighted by Gasteiger charge is 2.48. The summed E-state index contributed by atoms with van der Waals surface area (Å²) in [5.41, 5.74) is -1.81. The van der Waals surface area contributed by atoms with Gasteiger partial charge in [0.25, 0.3) is 5.91 Å². The van der Waals surface area contributed by atoms with E-state index in [1.807, 2.05) is 48.5 Å². The number of urea groups is 1. The molecule has 2 saturated heterocycles. The summed E-state index contributed by atoms with van der Waals surface area (Å²) in [6.45, 7) is 22.5. The lowest BCUT2D eigenvalue weighted by molar-refractivity contribution is -0.153. The molecule has 0 spiro atoms. The van der Waals surface area contributed by atoms with Gasteiger partial charge in [-0.3, -0.25) is 33.7 Å². The van der Waals surface area contributed by atoms with E-state index < -0.39 is 69.9 Å². The van der Waals surface area contributed by atoms with Gasteiger partial charge in [-0.2, -0.15) is 0 Å². The van der Waals surface area contributed by atoms with Crippen molar-refractivity contribution in [2.75, 3.05) is 19.6 Å². The molecule has 0 radical (unpaired) electrons. The Labute approximate surface area is 303 Å². The molecule has 2 aliphatic heterocycles. The van der Waals surface area contributed by atoms with Crippen molar-refractivity contribution in [3.8, 4) is 12.3 Å². The van der Waals surface area contributed by atoms with E-state index in [0.29, 0.717) is 6.42 Å². The van der Waals surface area contributed by atoms with E-state index in [4.69, 9.17) is 6.42 Å². The van der Waals surface area contributed by atoms with E-state index in [0.717, 1.165) is 0 Å². The summed E-state index contributed by atoms with van der Waals surface area (Å²) < 4.78 is 0. The number of hydrogen-bond acceptors (Lipinski definition) is 7. The maximum absolute atomic E-state index is 14.4. The fourth-order valence-corrected chi connectivity index (χ4v) is 6.54. The summed E-state index contributed by atoms with van der Waals surface area (Å²) >= 11 is 0. The standard InChI is InChI=1S/C38H60N6O7/c1-13-15-16-25(30(47)33(49)39-18-14-2)40-32(48)29-24(23(3)4)17-19-43(29)34(50)31(37(8,9)10)42-35(51)41-26(36(5,6)7)22-44-27(45)20-38(11,12)21-28(44)46/h1,14,23-26,29,31H,2,15-22H2,3-12H3,(H,39,49)(H,40,48)(H2,41,42,51)/t24-,25?,26-,29+,31-/m1/s1. The van der Waals surface area contributed by atoms with E-state index in [-0.39, 0.29) is 69.0 Å². The SMILES string of the molecule is C#CCCC(NC(=O)[C@@H]1[C@@H](C(C)C)CCN1C(=O)[C@@H](NC(=O)N[C@H](CN1C(=O)CC(C)(C)CC1=O)C(C)(C)C)C(C)(C)C)C(=O)C(=O)NCC=C. The first-order valence-electron chi connectivity index (χ1n) is 17.8. The third-order valence-corrected chi connectivity index (χ3v) is 9.66. The minimum absolute atomic E-state index is 0.0167. The Morgan fingerprint density at radius 3 is 2.06 bits per heavy atom. The predicted octanol–water partition coefficient (Wildman–Crippen LogP) is 2.93. The molecular weight excluding hydrogens is 652 g/mol. The normalized spacial score (nSPS) is 20.9. The first kappa shape index (κ1) is 43.0. The van der Waals surface area contributed by atoms with Gasteiger partial charge in [0.15, 0.2) is 0 Å². The van der Waals surface area contributed by atoms with Crippen molar-refractivity contribution in [3.05, 3.63) is 12.7 Å². The fraction of sp³-hybridized carbons (Fsp3) is 0.711. The Bertz CT molecular complexity index is 1380. The smallest absolute Gasteiger partial charge is 0.315 e. The number of nitrogens with one attached hydrogen (secondary N) is 4. The molecule has 13 nitrogen and oxygen atoms in total. The van der Waals surface area contributed by atoms with Gasteiger partial charge in [0.05, 0.1) is 12.1 Å². The first-order chi connectivity index (χ1) is 23.4. The highest BCUT2D eigenvalue weighted by Crippen LogP contribution is 2.34. The summed E-state index contributed by atoms with van der Waals surface area (Å²) in [6, 6.07) is -4.56. The lowest BCUT2D eigenvalue weighted by Gasteiger charge is -2.40. The van der Waals surface area contributed by atoms with Gasteiger partial charge in [-0.25, -0.2) is 4.79 Å². The summed E-state index contributed by atoms with van der Waals surface area (Å²) in [4.78, 5) is 96.2. The van der Waals surface area contributed by atoms with E-state index >= 15 is 0 Å². The molecule has 51 heavy (non-hydrogen) atoms. The molecule has 0 aliphatic carbocycles. The molecule has 2 aliphatic rings. The van der Waals surface area contributed by atoms with Gasteiger partial charge >= 0.3 is 6.03 Å². The van der Waals surface area contributed by atoms with Crippen molar-refractivity contribution in [2.45, 2.75) is 126 Å². The van der Waals surface area contributed by atoms with Gasteiger partial charge in [-0.1, -0.05) is 75.3 Å². The number of terminal acetylenes is 1. The van der Waals surface area contributed by atoms with Gasteiger partial charge in [-0.15, -0.1) is 18.9 Å². The maximum Gasteiger partial charge on any atom is 0.315 e. The summed E-state index contributed by atoms with van der Waals surface area (Å²) in [7, 11) is 0. The topological polar surface area (TPSA) is 174 Å². The van der Waals surface area contributed by atoms with Crippen LogP contribution >= 0.6 is 0 Å². The molecule has 7 amide bonds. The van der Waals surface area contributed by atoms with E-state index in [1.54, 1.807) is 20.8 Å². The second-order valence-corrected chi connectivity index (χ2v) is 17.1. The Hall–Kier alpha value is -4.21. The lowest BCUT2D eigenvalue weighted by Crippen LogP contribution is -2.63. The molecule has 13 heteroatoms. The van der Waals surface area contributed by atoms with Crippen molar-refractivity contribution < 1.29 is 33.6 Å². The van der Waals surface area contributed by atoms with Gasteiger partial charge in [0.2, 0.25) is 29.4 Å². The van der Waals surface area contributed by atoms with Gasteiger partial charge < -0.3 is 26.2 Å². The van der Waals surface area contributed by atoms with Gasteiger partial charge in [0.1, 0.15) is 12.1 Å². The maximum atomic E-state index is 14.4. The third kappa shape index (κ3) is 11.7. The van der Waals surface area contributed by atoms with Crippen LogP contribution in [0.4, 0.5) is 4.79 Å². The molecule has 1 unspecified atom stereocenters. The molecule has 2 heterocycles. The Balaban J connectivity index is 2.35. The number of ketones is 1. The van der Waals surface area contributed by atoms with Gasteiger partial charge in [0, 0.05) is 38.9 Å². The molecule has 0 aromatic carbocycles. The quantitative estimate of drug-likeness (QED) is 0.0928. The summed E-state index contributed by atoms with van der Waals surface area (Å²) in [5, 5.41) is 10.9. The number of nitrogens with zero attached hydrogens (tertiary/aromatic N) is 2. The van der Waals surface area contributed by atoms with Crippen molar-refractivity contribution in [2.24, 2.45) is 28.1 Å². The Morgan fingerprint density at radius 2 is 1.57 bits per heavy atom. The minimum Gasteiger partial charge on any atom is -0.346 e. The zero-order chi connectivity index (χ0) is 39.1. The van der Waals surface area contributed by atoms with Crippen LogP contribution in [0.15, 0.2) is 12.7 Å². The van der Waals surface area contributed by atoms with Crippen molar-refractivity contribution in [1.29, 1.82) is 0 Å². The highest BCUT2D eigenvalue weighted by molar-refractivity contribution is 6.38. The average Bonchev–Trinajstić information content (AvgIpc) is 3.45. The molecule has 2 rings (SSSR count). The van der Waals surface area contributed by atoms with Crippen LogP contribution in [0.2, 0.25) is 0 Å². The highest BCUT2D eigenvalue weighted by atomic mass is 16.2. The van der Waals surface area contributed by atoms with E-state index in [9.17, 15) is 33.6 Å². The average molecular weight is 713 g/mol. The van der Waals surface area contributed by atoms with Crippen LogP contribution in [0.3, 0.4) is 0 Å². The number of piperidine rings is 1. The first-order valence-corrected chi connectivity index (χ1v) is 17.8. The summed E-state index contributed by atoms with van der Waals surface area (Å²) in [5.74, 6) is -1.25. The van der Waals surface area contributed by atoms with Crippen LogP contribution in [0, 0.1) is 40.4 Å². The lowest BCUT2D eigenvalue weighted by atomic mass is 9.80. The Kier molecular flexibility index (Phi) is 14.6. The van der Waals surface area contributed by atoms with E-state index in [2.05, 4.69) is 33.8 Å². The molecule has 0 bridgehead atoms. The molecule has 2 fully saturated rings. The molecule has 4 N–H and O–H groups in total. The molecule has 5 atom stereocenters. The second-order valence-electron chi connectivity index (χ2n) is 17.1. The summed E-state index contributed by atoms with van der Waals surface area (Å²) in [6.07, 6.45) is 7.96. The van der Waals surface area contributed by atoms with E-state index in [1.165, 1.54) is 15.9 Å². The van der Waals surface area contributed by atoms with Crippen LogP contribution < -0.4 is 21.3 Å². The Morgan fingerprint density at radius 1 is 0.980 bits per heavy atom. The minimum atomic E-state index is -1.20. The van der Waals surface area contributed by atoms with Crippen molar-refractivity contribution in [3.63, 3.8) is 0 Å². The number of amides is 7. The predicted molar refractivity (Wildman–Crippen MR) is 195 cm³/mol. The number of Topliss-reactive ketones (excluding diaryl/α,β-unsaturated/α-hetero) is 1. The second kappa shape index (κ2) is 17.3. The largest absolute Gasteiger partial charge is 0.346 e. The zero-order valence-corrected chi connectivity index (χ0v) is 32.2. The molecule has 0 aromatic rings. The van der Waals surface area contributed by atoms with Crippen LogP contribution in [-0.4, -0.2) is 95.0 Å². The van der Waals surface area contributed by atoms with Crippen LogP contribution in [0.5, 0.6) is 0 Å². The van der Waals surface area contributed by atoms with Crippen molar-refractivity contribution in [1.82, 2.24) is 31.1 Å². The monoisotopic (exact) mass is 712 g/mol. The molecule has 0 saturated carbocycles. The number of carbonyl (C=O) groups excluding carboxylic acids is 7. The fourth-order valence-electron chi connectivity index (χ4n) is 6.54. The number of imide groups is 1. The number of carbonyl (C=O) groups is 7.